The highest BCUT2D eigenvalue weighted by Gasteiger charge is 2.25. The van der Waals surface area contributed by atoms with Gasteiger partial charge in [0.25, 0.3) is 0 Å². The van der Waals surface area contributed by atoms with Gasteiger partial charge in [0, 0.05) is 17.3 Å². The second-order valence-corrected chi connectivity index (χ2v) is 5.27. The minimum Gasteiger partial charge on any atom is -0.381 e. The summed E-state index contributed by atoms with van der Waals surface area (Å²) in [6.07, 6.45) is 2.69. The Hall–Kier alpha value is -1.47. The van der Waals surface area contributed by atoms with Crippen molar-refractivity contribution in [2.75, 3.05) is 5.32 Å². The molecule has 0 amide bonds. The van der Waals surface area contributed by atoms with Gasteiger partial charge in [0.1, 0.15) is 0 Å². The lowest BCUT2D eigenvalue weighted by Gasteiger charge is -2.11. The van der Waals surface area contributed by atoms with Crippen molar-refractivity contribution in [3.8, 4) is 0 Å². The van der Waals surface area contributed by atoms with E-state index in [-0.39, 0.29) is 0 Å². The highest BCUT2D eigenvalue weighted by molar-refractivity contribution is 6.30. The van der Waals surface area contributed by atoms with E-state index in [1.54, 1.807) is 0 Å². The van der Waals surface area contributed by atoms with E-state index in [0.29, 0.717) is 0 Å². The summed E-state index contributed by atoms with van der Waals surface area (Å²) in [6, 6.07) is 16.6. The van der Waals surface area contributed by atoms with E-state index < -0.39 is 0 Å². The highest BCUT2D eigenvalue weighted by Crippen LogP contribution is 2.41. The Morgan fingerprint density at radius 3 is 2.44 bits per heavy atom. The van der Waals surface area contributed by atoms with E-state index >= 15 is 0 Å². The molecule has 1 aliphatic carbocycles. The molecule has 0 unspecified atom stereocenters. The van der Waals surface area contributed by atoms with Gasteiger partial charge in [0.15, 0.2) is 0 Å². The van der Waals surface area contributed by atoms with E-state index in [9.17, 15) is 0 Å². The first-order chi connectivity index (χ1) is 8.83. The zero-order chi connectivity index (χ0) is 12.4. The zero-order valence-electron chi connectivity index (χ0n) is 10.2. The average molecular weight is 258 g/mol. The SMILES string of the molecule is Clc1ccc(NCc2ccccc2C2CC2)cc1. The van der Waals surface area contributed by atoms with Crippen LogP contribution in [0.4, 0.5) is 5.69 Å². The molecule has 92 valence electrons. The maximum absolute atomic E-state index is 5.88. The fraction of sp³-hybridized carbons (Fsp3) is 0.250. The van der Waals surface area contributed by atoms with Gasteiger partial charge < -0.3 is 5.32 Å². The Kier molecular flexibility index (Phi) is 3.24. The third-order valence-corrected chi connectivity index (χ3v) is 3.65. The van der Waals surface area contributed by atoms with Crippen molar-refractivity contribution in [3.63, 3.8) is 0 Å². The van der Waals surface area contributed by atoms with Crippen molar-refractivity contribution in [2.24, 2.45) is 0 Å². The molecular formula is C16H16ClN. The van der Waals surface area contributed by atoms with E-state index in [2.05, 4.69) is 29.6 Å². The molecule has 1 N–H and O–H groups in total. The molecule has 18 heavy (non-hydrogen) atoms. The molecule has 2 aromatic carbocycles. The molecule has 1 nitrogen and oxygen atoms in total. The van der Waals surface area contributed by atoms with Gasteiger partial charge >= 0.3 is 0 Å². The first kappa shape index (κ1) is 11.6. The van der Waals surface area contributed by atoms with Crippen molar-refractivity contribution in [3.05, 3.63) is 64.7 Å². The molecule has 3 rings (SSSR count). The summed E-state index contributed by atoms with van der Waals surface area (Å²) < 4.78 is 0. The van der Waals surface area contributed by atoms with Crippen molar-refractivity contribution < 1.29 is 0 Å². The standard InChI is InChI=1S/C16H16ClN/c17-14-7-9-15(10-8-14)18-11-13-3-1-2-4-16(13)12-5-6-12/h1-4,7-10,12,18H,5-6,11H2. The van der Waals surface area contributed by atoms with Crippen LogP contribution in [-0.2, 0) is 6.54 Å². The number of nitrogens with one attached hydrogen (secondary N) is 1. The molecule has 1 aliphatic rings. The zero-order valence-corrected chi connectivity index (χ0v) is 11.0. The van der Waals surface area contributed by atoms with Crippen LogP contribution in [0.3, 0.4) is 0 Å². The summed E-state index contributed by atoms with van der Waals surface area (Å²) in [6.45, 7) is 0.883. The van der Waals surface area contributed by atoms with E-state index in [1.807, 2.05) is 24.3 Å². The van der Waals surface area contributed by atoms with Gasteiger partial charge in [-0.25, -0.2) is 0 Å². The summed E-state index contributed by atoms with van der Waals surface area (Å²) in [5, 5.41) is 4.23. The summed E-state index contributed by atoms with van der Waals surface area (Å²) in [5.74, 6) is 0.799. The van der Waals surface area contributed by atoms with Crippen LogP contribution in [0.5, 0.6) is 0 Å². The number of hydrogen-bond donors (Lipinski definition) is 1. The van der Waals surface area contributed by atoms with Gasteiger partial charge in [-0.1, -0.05) is 35.9 Å². The molecule has 0 atom stereocenters. The molecule has 0 heterocycles. The van der Waals surface area contributed by atoms with Crippen LogP contribution in [0.25, 0.3) is 0 Å². The number of rotatable bonds is 4. The summed E-state index contributed by atoms with van der Waals surface area (Å²) in [4.78, 5) is 0. The smallest absolute Gasteiger partial charge is 0.0407 e. The lowest BCUT2D eigenvalue weighted by atomic mass is 10.0. The number of halogens is 1. The maximum atomic E-state index is 5.88. The number of anilines is 1. The lowest BCUT2D eigenvalue weighted by molar-refractivity contribution is 1.04. The Balaban J connectivity index is 1.71. The fourth-order valence-corrected chi connectivity index (χ4v) is 2.38. The largest absolute Gasteiger partial charge is 0.381 e. The van der Waals surface area contributed by atoms with Crippen LogP contribution in [-0.4, -0.2) is 0 Å². The van der Waals surface area contributed by atoms with Crippen LogP contribution in [0.15, 0.2) is 48.5 Å². The second-order valence-electron chi connectivity index (χ2n) is 4.83. The topological polar surface area (TPSA) is 12.0 Å². The van der Waals surface area contributed by atoms with Crippen molar-refractivity contribution in [1.82, 2.24) is 0 Å². The second kappa shape index (κ2) is 5.03. The molecule has 1 saturated carbocycles. The summed E-state index contributed by atoms with van der Waals surface area (Å²) >= 11 is 5.88. The molecule has 0 aromatic heterocycles. The van der Waals surface area contributed by atoms with Crippen molar-refractivity contribution in [1.29, 1.82) is 0 Å². The molecule has 0 spiro atoms. The Morgan fingerprint density at radius 2 is 1.72 bits per heavy atom. The van der Waals surface area contributed by atoms with Gasteiger partial charge in [0.2, 0.25) is 0 Å². The molecule has 0 saturated heterocycles. The molecule has 2 heteroatoms. The number of benzene rings is 2. The maximum Gasteiger partial charge on any atom is 0.0407 e. The van der Waals surface area contributed by atoms with Gasteiger partial charge in [-0.2, -0.15) is 0 Å². The van der Waals surface area contributed by atoms with Gasteiger partial charge in [-0.15, -0.1) is 0 Å². The number of hydrogen-bond acceptors (Lipinski definition) is 1. The normalized spacial score (nSPS) is 14.5. The molecule has 2 aromatic rings. The predicted octanol–water partition coefficient (Wildman–Crippen LogP) is 4.83. The Morgan fingerprint density at radius 1 is 1.00 bits per heavy atom. The Labute approximate surface area is 113 Å². The minimum atomic E-state index is 0.777. The highest BCUT2D eigenvalue weighted by atomic mass is 35.5. The molecule has 0 bridgehead atoms. The quantitative estimate of drug-likeness (QED) is 0.827. The third-order valence-electron chi connectivity index (χ3n) is 3.40. The molecular weight excluding hydrogens is 242 g/mol. The van der Waals surface area contributed by atoms with Crippen LogP contribution >= 0.6 is 11.6 Å². The Bertz CT molecular complexity index is 529. The molecule has 0 aliphatic heterocycles. The molecule has 0 radical (unpaired) electrons. The van der Waals surface area contributed by atoms with Crippen LogP contribution in [0.1, 0.15) is 29.9 Å². The van der Waals surface area contributed by atoms with Crippen LogP contribution in [0.2, 0.25) is 5.02 Å². The van der Waals surface area contributed by atoms with Crippen LogP contribution in [0, 0.1) is 0 Å². The van der Waals surface area contributed by atoms with Crippen LogP contribution < -0.4 is 5.32 Å². The fourth-order valence-electron chi connectivity index (χ4n) is 2.25. The van der Waals surface area contributed by atoms with Gasteiger partial charge in [0.05, 0.1) is 0 Å². The van der Waals surface area contributed by atoms with Crippen molar-refractivity contribution >= 4 is 17.3 Å². The average Bonchev–Trinajstić information content (AvgIpc) is 3.23. The summed E-state index contributed by atoms with van der Waals surface area (Å²) in [7, 11) is 0. The lowest BCUT2D eigenvalue weighted by Crippen LogP contribution is -2.02. The predicted molar refractivity (Wildman–Crippen MR) is 77.2 cm³/mol. The van der Waals surface area contributed by atoms with Crippen molar-refractivity contribution in [2.45, 2.75) is 25.3 Å². The monoisotopic (exact) mass is 257 g/mol. The third kappa shape index (κ3) is 2.68. The van der Waals surface area contributed by atoms with E-state index in [4.69, 9.17) is 11.6 Å². The van der Waals surface area contributed by atoms with Gasteiger partial charge in [-0.05, 0) is 54.2 Å². The first-order valence-electron chi connectivity index (χ1n) is 6.40. The van der Waals surface area contributed by atoms with Gasteiger partial charge in [-0.3, -0.25) is 0 Å². The minimum absolute atomic E-state index is 0.777. The molecule has 1 fully saturated rings. The first-order valence-corrected chi connectivity index (χ1v) is 6.78. The van der Waals surface area contributed by atoms with E-state index in [0.717, 1.165) is 23.2 Å². The van der Waals surface area contributed by atoms with E-state index in [1.165, 1.54) is 24.0 Å². The summed E-state index contributed by atoms with van der Waals surface area (Å²) in [5.41, 5.74) is 4.04.